The van der Waals surface area contributed by atoms with Gasteiger partial charge in [-0.2, -0.15) is 20.2 Å². The molecule has 0 fully saturated rings. The van der Waals surface area contributed by atoms with Crippen molar-refractivity contribution in [3.05, 3.63) is 29.3 Å². The number of benzene rings is 1. The number of nitrogens with two attached hydrogens (primary N) is 1. The van der Waals surface area contributed by atoms with Crippen molar-refractivity contribution < 1.29 is 22.2 Å². The topological polar surface area (TPSA) is 116 Å². The second-order valence-electron chi connectivity index (χ2n) is 5.60. The van der Waals surface area contributed by atoms with Gasteiger partial charge in [-0.1, -0.05) is 6.07 Å². The summed E-state index contributed by atoms with van der Waals surface area (Å²) in [4.78, 5) is 24.1. The van der Waals surface area contributed by atoms with Crippen molar-refractivity contribution in [1.29, 1.82) is 0 Å². The fourth-order valence-electron chi connectivity index (χ4n) is 1.98. The Hall–Kier alpha value is -1.74. The zero-order valence-electron chi connectivity index (χ0n) is 13.4. The lowest BCUT2D eigenvalue weighted by atomic mass is 10.0. The van der Waals surface area contributed by atoms with Crippen LogP contribution in [0.1, 0.15) is 34.6 Å². The summed E-state index contributed by atoms with van der Waals surface area (Å²) < 4.78 is 27.3. The lowest BCUT2D eigenvalue weighted by Crippen LogP contribution is -2.46. The van der Waals surface area contributed by atoms with E-state index in [-0.39, 0.29) is 16.9 Å². The van der Waals surface area contributed by atoms with Crippen LogP contribution in [0.3, 0.4) is 0 Å². The molecule has 2 amide bonds. The summed E-state index contributed by atoms with van der Waals surface area (Å²) in [7, 11) is -3.86. The maximum absolute atomic E-state index is 12.4. The number of rotatable bonds is 7. The van der Waals surface area contributed by atoms with Gasteiger partial charge in [0.25, 0.3) is 11.8 Å². The first-order chi connectivity index (χ1) is 10.5. The van der Waals surface area contributed by atoms with Crippen LogP contribution in [0.2, 0.25) is 0 Å². The molecule has 0 spiro atoms. The highest BCUT2D eigenvalue weighted by atomic mass is 32.2. The van der Waals surface area contributed by atoms with Gasteiger partial charge in [0.2, 0.25) is 0 Å². The number of nitrogens with one attached hydrogen (secondary N) is 1. The molecule has 0 heterocycles. The van der Waals surface area contributed by atoms with Crippen LogP contribution in [0, 0.1) is 0 Å². The third-order valence-electron chi connectivity index (χ3n) is 2.72. The van der Waals surface area contributed by atoms with Gasteiger partial charge in [0, 0.05) is 11.3 Å². The maximum Gasteiger partial charge on any atom is 0.306 e. The summed E-state index contributed by atoms with van der Waals surface area (Å²) in [6, 6.07) is 4.08. The molecule has 0 aliphatic rings. The van der Waals surface area contributed by atoms with Crippen LogP contribution in [0.25, 0.3) is 0 Å². The summed E-state index contributed by atoms with van der Waals surface area (Å²) in [5, 5.41) is 2.79. The number of hydrogen-bond acceptors (Lipinski definition) is 6. The van der Waals surface area contributed by atoms with Gasteiger partial charge in [-0.3, -0.25) is 9.59 Å². The quantitative estimate of drug-likeness (QED) is 0.701. The third kappa shape index (κ3) is 5.76. The number of hydrogen-bond donors (Lipinski definition) is 2. The van der Waals surface area contributed by atoms with E-state index in [4.69, 9.17) is 9.92 Å². The van der Waals surface area contributed by atoms with Gasteiger partial charge in [0.15, 0.2) is 5.75 Å². The molecule has 0 aliphatic carbocycles. The van der Waals surface area contributed by atoms with E-state index in [1.807, 2.05) is 20.1 Å². The van der Waals surface area contributed by atoms with E-state index in [0.29, 0.717) is 5.75 Å². The second-order valence-corrected chi connectivity index (χ2v) is 8.04. The number of carbonyl (C=O) groups excluding carboxylic acids is 2. The minimum Gasteiger partial charge on any atom is -0.382 e. The van der Waals surface area contributed by atoms with Gasteiger partial charge in [-0.05, 0) is 32.2 Å². The second kappa shape index (κ2) is 7.22. The highest BCUT2D eigenvalue weighted by Gasteiger charge is 2.26. The van der Waals surface area contributed by atoms with Crippen molar-refractivity contribution in [2.75, 3.05) is 18.3 Å². The molecule has 0 saturated heterocycles. The lowest BCUT2D eigenvalue weighted by molar-refractivity contribution is 0.0907. The molecule has 0 aliphatic heterocycles. The van der Waals surface area contributed by atoms with E-state index in [2.05, 4.69) is 5.32 Å². The minimum absolute atomic E-state index is 0.0344. The summed E-state index contributed by atoms with van der Waals surface area (Å²) >= 11 is 1.56. The van der Waals surface area contributed by atoms with Gasteiger partial charge in [0.1, 0.15) is 0 Å². The first-order valence-electron chi connectivity index (χ1n) is 6.60. The van der Waals surface area contributed by atoms with Gasteiger partial charge in [0.05, 0.1) is 17.4 Å². The van der Waals surface area contributed by atoms with Crippen LogP contribution in [-0.2, 0) is 10.1 Å². The summed E-state index contributed by atoms with van der Waals surface area (Å²) in [5.74, 6) is -1.09. The monoisotopic (exact) mass is 360 g/mol. The van der Waals surface area contributed by atoms with Crippen molar-refractivity contribution in [2.45, 2.75) is 19.4 Å². The molecule has 0 aromatic heterocycles. The average molecular weight is 360 g/mol. The molecule has 1 rings (SSSR count). The number of primary amides is 1. The predicted molar refractivity (Wildman–Crippen MR) is 90.4 cm³/mol. The first-order valence-corrected chi connectivity index (χ1v) is 9.81. The lowest BCUT2D eigenvalue weighted by Gasteiger charge is -2.26. The number of carbonyl (C=O) groups is 2. The molecule has 0 bridgehead atoms. The van der Waals surface area contributed by atoms with Crippen molar-refractivity contribution >= 4 is 33.7 Å². The van der Waals surface area contributed by atoms with Gasteiger partial charge in [-0.25, -0.2) is 0 Å². The SMILES string of the molecule is CSCC(C)(C)NC(=O)c1cccc(OS(C)(=O)=O)c1C(N)=O. The highest BCUT2D eigenvalue weighted by molar-refractivity contribution is 7.98. The fourth-order valence-corrected chi connectivity index (χ4v) is 3.24. The average Bonchev–Trinajstić information content (AvgIpc) is 2.35. The van der Waals surface area contributed by atoms with Gasteiger partial charge < -0.3 is 15.2 Å². The summed E-state index contributed by atoms with van der Waals surface area (Å²) in [6.07, 6.45) is 2.75. The van der Waals surface area contributed by atoms with Crippen molar-refractivity contribution in [2.24, 2.45) is 5.73 Å². The molecule has 0 saturated carbocycles. The smallest absolute Gasteiger partial charge is 0.306 e. The van der Waals surface area contributed by atoms with Gasteiger partial charge in [-0.15, -0.1) is 0 Å². The Balaban J connectivity index is 3.28. The standard InChI is InChI=1S/C14H20N2O5S2/c1-14(2,8-22-3)16-13(18)9-6-5-7-10(11(9)12(15)17)21-23(4,19)20/h5-7H,8H2,1-4H3,(H2,15,17)(H,16,18). The van der Waals surface area contributed by atoms with Crippen molar-refractivity contribution in [3.63, 3.8) is 0 Å². The molecule has 7 nitrogen and oxygen atoms in total. The van der Waals surface area contributed by atoms with E-state index in [9.17, 15) is 18.0 Å². The summed E-state index contributed by atoms with van der Waals surface area (Å²) in [6.45, 7) is 3.67. The Bertz CT molecular complexity index is 714. The Morgan fingerprint density at radius 3 is 2.43 bits per heavy atom. The molecule has 0 atom stereocenters. The van der Waals surface area contributed by atoms with Crippen molar-refractivity contribution in [3.8, 4) is 5.75 Å². The van der Waals surface area contributed by atoms with Gasteiger partial charge >= 0.3 is 10.1 Å². The van der Waals surface area contributed by atoms with E-state index in [0.717, 1.165) is 6.26 Å². The van der Waals surface area contributed by atoms with Crippen LogP contribution in [-0.4, -0.2) is 44.0 Å². The molecule has 23 heavy (non-hydrogen) atoms. The van der Waals surface area contributed by atoms with E-state index in [1.54, 1.807) is 11.8 Å². The van der Waals surface area contributed by atoms with Crippen LogP contribution in [0.15, 0.2) is 18.2 Å². The molecule has 1 aromatic carbocycles. The first kappa shape index (κ1) is 19.3. The molecule has 0 radical (unpaired) electrons. The van der Waals surface area contributed by atoms with E-state index in [1.165, 1.54) is 18.2 Å². The normalized spacial score (nSPS) is 11.8. The Morgan fingerprint density at radius 1 is 1.35 bits per heavy atom. The van der Waals surface area contributed by atoms with Crippen LogP contribution in [0.5, 0.6) is 5.75 Å². The molecular formula is C14H20N2O5S2. The highest BCUT2D eigenvalue weighted by Crippen LogP contribution is 2.24. The Kier molecular flexibility index (Phi) is 6.06. The predicted octanol–water partition coefficient (Wildman–Crippen LogP) is 0.995. The maximum atomic E-state index is 12.4. The molecule has 128 valence electrons. The largest absolute Gasteiger partial charge is 0.382 e. The minimum atomic E-state index is -3.86. The fraction of sp³-hybridized carbons (Fsp3) is 0.429. The molecule has 1 aromatic rings. The Morgan fingerprint density at radius 2 is 1.96 bits per heavy atom. The zero-order chi connectivity index (χ0) is 17.8. The van der Waals surface area contributed by atoms with Crippen molar-refractivity contribution in [1.82, 2.24) is 5.32 Å². The molecule has 0 unspecified atom stereocenters. The zero-order valence-corrected chi connectivity index (χ0v) is 15.0. The molecule has 3 N–H and O–H groups in total. The Labute approximate surface area is 140 Å². The van der Waals surface area contributed by atoms with Crippen LogP contribution < -0.4 is 15.2 Å². The molecule has 9 heteroatoms. The van der Waals surface area contributed by atoms with Crippen LogP contribution in [0.4, 0.5) is 0 Å². The third-order valence-corrected chi connectivity index (χ3v) is 4.21. The molecular weight excluding hydrogens is 340 g/mol. The van der Waals surface area contributed by atoms with Crippen LogP contribution >= 0.6 is 11.8 Å². The van der Waals surface area contributed by atoms with E-state index >= 15 is 0 Å². The number of thioether (sulfide) groups is 1. The summed E-state index contributed by atoms with van der Waals surface area (Å²) in [5.41, 5.74) is 4.48. The van der Waals surface area contributed by atoms with E-state index < -0.39 is 27.5 Å². The number of amides is 2.